The quantitative estimate of drug-likeness (QED) is 0.494. The fraction of sp³-hybridized carbons (Fsp3) is 0.407. The Morgan fingerprint density at radius 2 is 2.06 bits per heavy atom. The summed E-state index contributed by atoms with van der Waals surface area (Å²) in [6.45, 7) is 2.54. The van der Waals surface area contributed by atoms with Crippen LogP contribution >= 0.6 is 11.6 Å². The number of rotatable bonds is 7. The van der Waals surface area contributed by atoms with Crippen LogP contribution in [0.25, 0.3) is 10.9 Å². The molecule has 0 bridgehead atoms. The number of ether oxygens (including phenoxy) is 1. The van der Waals surface area contributed by atoms with Gasteiger partial charge in [-0.05, 0) is 74.5 Å². The number of aliphatic hydroxyl groups excluding tert-OH is 2. The molecule has 178 valence electrons. The second kappa shape index (κ2) is 11.2. The molecule has 2 N–H and O–H groups in total. The maximum absolute atomic E-state index is 11.1. The largest absolute Gasteiger partial charge is 0.497 e. The summed E-state index contributed by atoms with van der Waals surface area (Å²) in [5, 5.41) is 22.6. The maximum Gasteiger partial charge on any atom is 0.119 e. The Hall–Kier alpha value is -2.69. The van der Waals surface area contributed by atoms with Gasteiger partial charge in [-0.15, -0.1) is 0 Å². The molecule has 0 radical (unpaired) electrons. The first-order valence-corrected chi connectivity index (χ1v) is 11.9. The third-order valence-corrected chi connectivity index (χ3v) is 7.10. The lowest BCUT2D eigenvalue weighted by Crippen LogP contribution is -2.42. The van der Waals surface area contributed by atoms with Gasteiger partial charge in [-0.1, -0.05) is 23.4 Å². The van der Waals surface area contributed by atoms with Crippen molar-refractivity contribution in [2.45, 2.75) is 31.8 Å². The highest BCUT2D eigenvalue weighted by Crippen LogP contribution is 2.40. The monoisotopic (exact) mass is 479 g/mol. The molecule has 34 heavy (non-hydrogen) atoms. The molecule has 3 aromatic rings. The number of halogens is 1. The van der Waals surface area contributed by atoms with Crippen LogP contribution in [0.3, 0.4) is 0 Å². The van der Waals surface area contributed by atoms with Crippen LogP contribution < -0.4 is 4.74 Å². The van der Waals surface area contributed by atoms with Crippen molar-refractivity contribution < 1.29 is 14.9 Å². The molecular formula is C27H30ClN3O3. The van der Waals surface area contributed by atoms with Crippen molar-refractivity contribution in [1.29, 1.82) is 0 Å². The van der Waals surface area contributed by atoms with Crippen molar-refractivity contribution in [3.05, 3.63) is 65.1 Å². The van der Waals surface area contributed by atoms with E-state index < -0.39 is 6.10 Å². The van der Waals surface area contributed by atoms with E-state index in [0.717, 1.165) is 42.4 Å². The van der Waals surface area contributed by atoms with Crippen molar-refractivity contribution in [1.82, 2.24) is 14.9 Å². The molecular weight excluding hydrogens is 450 g/mol. The Kier molecular flexibility index (Phi) is 8.02. The number of hydrogen-bond acceptors (Lipinski definition) is 6. The summed E-state index contributed by atoms with van der Waals surface area (Å²) < 4.78 is 5.35. The highest BCUT2D eigenvalue weighted by atomic mass is 35.5. The number of aromatic nitrogens is 2. The van der Waals surface area contributed by atoms with Crippen LogP contribution in [0.15, 0.2) is 48.9 Å². The molecule has 4 rings (SSSR count). The van der Waals surface area contributed by atoms with Crippen LogP contribution in [-0.2, 0) is 0 Å². The average Bonchev–Trinajstić information content (AvgIpc) is 2.88. The summed E-state index contributed by atoms with van der Waals surface area (Å²) in [7, 11) is 1.61. The van der Waals surface area contributed by atoms with Gasteiger partial charge in [-0.25, -0.2) is 0 Å². The minimum absolute atomic E-state index is 0.105. The average molecular weight is 480 g/mol. The smallest absolute Gasteiger partial charge is 0.119 e. The first-order valence-electron chi connectivity index (χ1n) is 11.6. The fourth-order valence-corrected chi connectivity index (χ4v) is 4.86. The number of nitrogens with zero attached hydrogens (tertiary/aromatic N) is 3. The first-order chi connectivity index (χ1) is 16.5. The van der Waals surface area contributed by atoms with Gasteiger partial charge >= 0.3 is 0 Å². The van der Waals surface area contributed by atoms with E-state index in [2.05, 4.69) is 26.7 Å². The number of benzene rings is 1. The molecule has 2 aromatic heterocycles. The zero-order chi connectivity index (χ0) is 24.0. The topological polar surface area (TPSA) is 78.7 Å². The second-order valence-electron chi connectivity index (χ2n) is 8.94. The molecule has 0 spiro atoms. The van der Waals surface area contributed by atoms with E-state index in [1.807, 2.05) is 30.3 Å². The van der Waals surface area contributed by atoms with Gasteiger partial charge in [0.1, 0.15) is 5.75 Å². The van der Waals surface area contributed by atoms with E-state index >= 15 is 0 Å². The third kappa shape index (κ3) is 5.68. The molecule has 1 fully saturated rings. The number of aliphatic hydroxyl groups is 2. The molecule has 6 nitrogen and oxygen atoms in total. The van der Waals surface area contributed by atoms with Gasteiger partial charge in [0.25, 0.3) is 0 Å². The molecule has 1 aliphatic heterocycles. The lowest BCUT2D eigenvalue weighted by atomic mass is 9.74. The highest BCUT2D eigenvalue weighted by molar-refractivity contribution is 6.32. The molecule has 1 unspecified atom stereocenters. The Morgan fingerprint density at radius 3 is 2.76 bits per heavy atom. The van der Waals surface area contributed by atoms with Gasteiger partial charge in [0.2, 0.25) is 0 Å². The Morgan fingerprint density at radius 1 is 1.24 bits per heavy atom. The summed E-state index contributed by atoms with van der Waals surface area (Å²) in [4.78, 5) is 10.8. The fourth-order valence-electron chi connectivity index (χ4n) is 4.58. The number of pyridine rings is 2. The highest BCUT2D eigenvalue weighted by Gasteiger charge is 2.34. The molecule has 0 aliphatic carbocycles. The molecule has 7 heteroatoms. The third-order valence-electron chi connectivity index (χ3n) is 6.80. The van der Waals surface area contributed by atoms with Gasteiger partial charge in [0.05, 0.1) is 30.3 Å². The zero-order valence-electron chi connectivity index (χ0n) is 19.4. The van der Waals surface area contributed by atoms with Gasteiger partial charge < -0.3 is 14.9 Å². The van der Waals surface area contributed by atoms with E-state index in [9.17, 15) is 10.2 Å². The molecule has 1 aliphatic rings. The predicted molar refractivity (Wildman–Crippen MR) is 134 cm³/mol. The lowest BCUT2D eigenvalue weighted by molar-refractivity contribution is 0.0273. The van der Waals surface area contributed by atoms with Gasteiger partial charge in [-0.2, -0.15) is 0 Å². The number of hydrogen-bond donors (Lipinski definition) is 2. The van der Waals surface area contributed by atoms with Gasteiger partial charge in [0, 0.05) is 41.7 Å². The van der Waals surface area contributed by atoms with Crippen LogP contribution in [0, 0.1) is 17.3 Å². The summed E-state index contributed by atoms with van der Waals surface area (Å²) in [6.07, 6.45) is 7.29. The molecule has 1 saturated heterocycles. The van der Waals surface area contributed by atoms with E-state index in [4.69, 9.17) is 16.3 Å². The summed E-state index contributed by atoms with van der Waals surface area (Å²) in [5.41, 5.74) is 2.14. The number of methoxy groups -OCH3 is 1. The Labute approximate surface area is 205 Å². The molecule has 1 aromatic carbocycles. The normalized spacial score (nSPS) is 16.6. The minimum Gasteiger partial charge on any atom is -0.497 e. The van der Waals surface area contributed by atoms with Gasteiger partial charge in [-0.3, -0.25) is 14.9 Å². The van der Waals surface area contributed by atoms with E-state index in [1.54, 1.807) is 25.7 Å². The number of piperidine rings is 1. The molecule has 0 amide bonds. The number of likely N-dealkylation sites (tertiary alicyclic amines) is 1. The van der Waals surface area contributed by atoms with Crippen LogP contribution in [-0.4, -0.2) is 58.4 Å². The van der Waals surface area contributed by atoms with E-state index in [0.29, 0.717) is 35.7 Å². The Balaban J connectivity index is 1.38. The summed E-state index contributed by atoms with van der Waals surface area (Å²) in [5.74, 6) is 7.06. The van der Waals surface area contributed by atoms with Crippen LogP contribution in [0.2, 0.25) is 5.02 Å². The molecule has 1 atom stereocenters. The van der Waals surface area contributed by atoms with Crippen LogP contribution in [0.5, 0.6) is 5.75 Å². The number of fused-ring (bicyclic) bond motifs is 1. The molecule has 0 saturated carbocycles. The van der Waals surface area contributed by atoms with Crippen LogP contribution in [0.1, 0.15) is 42.9 Å². The zero-order valence-corrected chi connectivity index (χ0v) is 20.1. The van der Waals surface area contributed by atoms with E-state index in [-0.39, 0.29) is 12.0 Å². The summed E-state index contributed by atoms with van der Waals surface area (Å²) >= 11 is 6.46. The lowest BCUT2D eigenvalue weighted by Gasteiger charge is -2.40. The SMILES string of the molecule is COc1ccc2ncc(Cl)c(C(O)CCC3(CO)CCN(CC#Cc4cccnc4)CC3)c2c1. The minimum atomic E-state index is -0.753. The van der Waals surface area contributed by atoms with Crippen molar-refractivity contribution in [3.8, 4) is 17.6 Å². The van der Waals surface area contributed by atoms with Gasteiger partial charge in [0.15, 0.2) is 0 Å². The van der Waals surface area contributed by atoms with Crippen molar-refractivity contribution >= 4 is 22.5 Å². The van der Waals surface area contributed by atoms with Crippen molar-refractivity contribution in [3.63, 3.8) is 0 Å². The molecule has 3 heterocycles. The standard InChI is InChI=1S/C27H30ClN3O3/c1-34-21-6-7-24-22(16-21)26(23(28)18-30-24)25(33)8-9-27(19-32)10-14-31(15-11-27)13-3-5-20-4-2-12-29-17-20/h2,4,6-7,12,16-18,25,32-33H,8-11,13-15,19H2,1H3. The second-order valence-corrected chi connectivity index (χ2v) is 9.34. The maximum atomic E-state index is 11.1. The van der Waals surface area contributed by atoms with Crippen molar-refractivity contribution in [2.75, 3.05) is 33.4 Å². The Bertz CT molecular complexity index is 1170. The summed E-state index contributed by atoms with van der Waals surface area (Å²) in [6, 6.07) is 9.40. The van der Waals surface area contributed by atoms with Crippen LogP contribution in [0.4, 0.5) is 0 Å². The first kappa shape index (κ1) is 24.4. The van der Waals surface area contributed by atoms with Crippen molar-refractivity contribution in [2.24, 2.45) is 5.41 Å². The predicted octanol–water partition coefficient (Wildman–Crippen LogP) is 4.23. The van der Waals surface area contributed by atoms with E-state index in [1.165, 1.54) is 0 Å².